The fourth-order valence-electron chi connectivity index (χ4n) is 2.74. The monoisotopic (exact) mass is 358 g/mol. The Kier molecular flexibility index (Phi) is 4.78. The molecule has 2 aromatic carbocycles. The molecule has 134 valence electrons. The summed E-state index contributed by atoms with van der Waals surface area (Å²) in [7, 11) is 0. The molecular weight excluding hydrogens is 340 g/mol. The zero-order valence-corrected chi connectivity index (χ0v) is 14.6. The van der Waals surface area contributed by atoms with Gasteiger partial charge >= 0.3 is 0 Å². The number of carbonyl (C=O) groups is 1. The number of benzene rings is 2. The van der Waals surface area contributed by atoms with E-state index in [1.165, 1.54) is 0 Å². The third kappa shape index (κ3) is 3.95. The van der Waals surface area contributed by atoms with Crippen LogP contribution in [-0.4, -0.2) is 27.4 Å². The van der Waals surface area contributed by atoms with E-state index in [9.17, 15) is 4.79 Å². The highest BCUT2D eigenvalue weighted by molar-refractivity contribution is 5.93. The predicted octanol–water partition coefficient (Wildman–Crippen LogP) is 3.50. The number of nitrogens with zero attached hydrogens (tertiary/aromatic N) is 3. The number of amides is 1. The molecule has 6 heteroatoms. The summed E-state index contributed by atoms with van der Waals surface area (Å²) in [5.41, 5.74) is 3.21. The van der Waals surface area contributed by atoms with Gasteiger partial charge in [0.2, 0.25) is 0 Å². The van der Waals surface area contributed by atoms with Gasteiger partial charge < -0.3 is 9.84 Å². The first-order valence-corrected chi connectivity index (χ1v) is 8.69. The van der Waals surface area contributed by atoms with Crippen molar-refractivity contribution in [1.82, 2.24) is 20.3 Å². The standard InChI is InChI=1S/C21H18N4O2/c26-21(19-13-20(27-24-19)17-7-3-1-4-8-17)22-12-11-16-14-23-25(15-16)18-9-5-2-6-10-18/h1-10,13-15H,11-12H2,(H,22,26). The molecule has 4 rings (SSSR count). The average molecular weight is 358 g/mol. The maximum Gasteiger partial charge on any atom is 0.273 e. The number of carbonyl (C=O) groups excluding carboxylic acids is 1. The van der Waals surface area contributed by atoms with Gasteiger partial charge in [-0.3, -0.25) is 4.79 Å². The highest BCUT2D eigenvalue weighted by Crippen LogP contribution is 2.19. The van der Waals surface area contributed by atoms with Crippen molar-refractivity contribution < 1.29 is 9.32 Å². The molecule has 0 aliphatic heterocycles. The molecule has 6 nitrogen and oxygen atoms in total. The van der Waals surface area contributed by atoms with E-state index in [4.69, 9.17) is 4.52 Å². The summed E-state index contributed by atoms with van der Waals surface area (Å²) in [5, 5.41) is 11.1. The minimum Gasteiger partial charge on any atom is -0.355 e. The molecule has 2 aromatic heterocycles. The van der Waals surface area contributed by atoms with Crippen LogP contribution >= 0.6 is 0 Å². The van der Waals surface area contributed by atoms with Crippen molar-refractivity contribution in [2.24, 2.45) is 0 Å². The van der Waals surface area contributed by atoms with Gasteiger partial charge in [0.05, 0.1) is 11.9 Å². The highest BCUT2D eigenvalue weighted by Gasteiger charge is 2.13. The Labute approximate surface area is 156 Å². The maximum absolute atomic E-state index is 12.3. The van der Waals surface area contributed by atoms with Crippen molar-refractivity contribution in [2.45, 2.75) is 6.42 Å². The summed E-state index contributed by atoms with van der Waals surface area (Å²) in [6.07, 6.45) is 4.45. The van der Waals surface area contributed by atoms with E-state index in [1.807, 2.05) is 77.7 Å². The minimum absolute atomic E-state index is 0.253. The van der Waals surface area contributed by atoms with E-state index < -0.39 is 0 Å². The molecule has 0 aliphatic carbocycles. The SMILES string of the molecule is O=C(NCCc1cnn(-c2ccccc2)c1)c1cc(-c2ccccc2)on1. The van der Waals surface area contributed by atoms with Crippen LogP contribution in [0.25, 0.3) is 17.0 Å². The lowest BCUT2D eigenvalue weighted by Gasteiger charge is -2.01. The van der Waals surface area contributed by atoms with E-state index in [0.29, 0.717) is 18.7 Å². The fraction of sp³-hybridized carbons (Fsp3) is 0.0952. The van der Waals surface area contributed by atoms with Crippen LogP contribution in [0, 0.1) is 0 Å². The minimum atomic E-state index is -0.253. The number of hydrogen-bond acceptors (Lipinski definition) is 4. The predicted molar refractivity (Wildman–Crippen MR) is 102 cm³/mol. The third-order valence-electron chi connectivity index (χ3n) is 4.16. The molecule has 0 saturated heterocycles. The number of rotatable bonds is 6. The van der Waals surface area contributed by atoms with Crippen molar-refractivity contribution in [2.75, 3.05) is 6.54 Å². The number of nitrogens with one attached hydrogen (secondary N) is 1. The Morgan fingerprint density at radius 2 is 1.78 bits per heavy atom. The molecule has 0 saturated carbocycles. The molecular formula is C21H18N4O2. The van der Waals surface area contributed by atoms with Crippen molar-refractivity contribution in [3.05, 3.63) is 90.4 Å². The van der Waals surface area contributed by atoms with Gasteiger partial charge in [-0.25, -0.2) is 4.68 Å². The lowest BCUT2D eigenvalue weighted by atomic mass is 10.1. The molecule has 0 radical (unpaired) electrons. The van der Waals surface area contributed by atoms with E-state index in [0.717, 1.165) is 16.8 Å². The second kappa shape index (κ2) is 7.70. The second-order valence-corrected chi connectivity index (χ2v) is 6.08. The van der Waals surface area contributed by atoms with Gasteiger partial charge in [0.25, 0.3) is 5.91 Å². The van der Waals surface area contributed by atoms with Crippen LogP contribution < -0.4 is 5.32 Å². The van der Waals surface area contributed by atoms with E-state index in [1.54, 1.807) is 6.07 Å². The van der Waals surface area contributed by atoms with Crippen molar-refractivity contribution in [3.8, 4) is 17.0 Å². The van der Waals surface area contributed by atoms with Gasteiger partial charge in [-0.15, -0.1) is 0 Å². The summed E-state index contributed by atoms with van der Waals surface area (Å²) in [4.78, 5) is 12.3. The summed E-state index contributed by atoms with van der Waals surface area (Å²) in [5.74, 6) is 0.321. The fourth-order valence-corrected chi connectivity index (χ4v) is 2.74. The van der Waals surface area contributed by atoms with Gasteiger partial charge in [-0.1, -0.05) is 53.7 Å². The van der Waals surface area contributed by atoms with Gasteiger partial charge in [-0.05, 0) is 24.1 Å². The third-order valence-corrected chi connectivity index (χ3v) is 4.16. The van der Waals surface area contributed by atoms with Crippen molar-refractivity contribution in [3.63, 3.8) is 0 Å². The molecule has 1 amide bonds. The van der Waals surface area contributed by atoms with Crippen LogP contribution in [0.5, 0.6) is 0 Å². The summed E-state index contributed by atoms with van der Waals surface area (Å²) in [6.45, 7) is 0.493. The molecule has 0 fully saturated rings. The lowest BCUT2D eigenvalue weighted by Crippen LogP contribution is -2.25. The molecule has 1 N–H and O–H groups in total. The molecule has 0 aliphatic rings. The average Bonchev–Trinajstić information content (AvgIpc) is 3.39. The Hall–Kier alpha value is -3.67. The van der Waals surface area contributed by atoms with E-state index in [-0.39, 0.29) is 11.6 Å². The molecule has 0 spiro atoms. The van der Waals surface area contributed by atoms with Crippen LogP contribution in [0.3, 0.4) is 0 Å². The van der Waals surface area contributed by atoms with Crippen LogP contribution in [0.15, 0.2) is 83.6 Å². The Balaban J connectivity index is 1.33. The molecule has 27 heavy (non-hydrogen) atoms. The first-order chi connectivity index (χ1) is 13.3. The largest absolute Gasteiger partial charge is 0.355 e. The van der Waals surface area contributed by atoms with Crippen LogP contribution in [0.2, 0.25) is 0 Å². The lowest BCUT2D eigenvalue weighted by molar-refractivity contribution is 0.0945. The van der Waals surface area contributed by atoms with Gasteiger partial charge in [-0.2, -0.15) is 5.10 Å². The molecule has 0 unspecified atom stereocenters. The Bertz CT molecular complexity index is 1020. The first kappa shape index (κ1) is 16.8. The van der Waals surface area contributed by atoms with Crippen LogP contribution in [-0.2, 0) is 6.42 Å². The van der Waals surface area contributed by atoms with Crippen LogP contribution in [0.4, 0.5) is 0 Å². The number of aromatic nitrogens is 3. The summed E-state index contributed by atoms with van der Waals surface area (Å²) in [6, 6.07) is 21.1. The summed E-state index contributed by atoms with van der Waals surface area (Å²) < 4.78 is 7.08. The van der Waals surface area contributed by atoms with E-state index >= 15 is 0 Å². The Morgan fingerprint density at radius 3 is 2.56 bits per heavy atom. The number of para-hydroxylation sites is 1. The van der Waals surface area contributed by atoms with E-state index in [2.05, 4.69) is 15.6 Å². The quantitative estimate of drug-likeness (QED) is 0.572. The van der Waals surface area contributed by atoms with Crippen LogP contribution in [0.1, 0.15) is 16.1 Å². The second-order valence-electron chi connectivity index (χ2n) is 6.08. The van der Waals surface area contributed by atoms with Gasteiger partial charge in [0.1, 0.15) is 0 Å². The van der Waals surface area contributed by atoms with Gasteiger partial charge in [0, 0.05) is 24.4 Å². The molecule has 0 atom stereocenters. The highest BCUT2D eigenvalue weighted by atomic mass is 16.5. The normalized spacial score (nSPS) is 10.7. The maximum atomic E-state index is 12.3. The first-order valence-electron chi connectivity index (χ1n) is 8.69. The molecule has 0 bridgehead atoms. The topological polar surface area (TPSA) is 73.0 Å². The van der Waals surface area contributed by atoms with Gasteiger partial charge in [0.15, 0.2) is 11.5 Å². The molecule has 4 aromatic rings. The Morgan fingerprint density at radius 1 is 1.04 bits per heavy atom. The summed E-state index contributed by atoms with van der Waals surface area (Å²) >= 11 is 0. The zero-order valence-electron chi connectivity index (χ0n) is 14.6. The molecule has 2 heterocycles. The van der Waals surface area contributed by atoms with Crippen molar-refractivity contribution >= 4 is 5.91 Å². The number of hydrogen-bond donors (Lipinski definition) is 1. The smallest absolute Gasteiger partial charge is 0.273 e. The van der Waals surface area contributed by atoms with Crippen molar-refractivity contribution in [1.29, 1.82) is 0 Å². The zero-order chi connectivity index (χ0) is 18.5.